The van der Waals surface area contributed by atoms with E-state index < -0.39 is 0 Å². The minimum atomic E-state index is -0.117. The van der Waals surface area contributed by atoms with Crippen LogP contribution in [0.5, 0.6) is 0 Å². The molecule has 0 saturated heterocycles. The van der Waals surface area contributed by atoms with Crippen molar-refractivity contribution in [2.45, 2.75) is 27.7 Å². The fourth-order valence-electron chi connectivity index (χ4n) is 3.01. The van der Waals surface area contributed by atoms with Gasteiger partial charge in [0.2, 0.25) is 5.91 Å². The second-order valence-electron chi connectivity index (χ2n) is 6.98. The minimum absolute atomic E-state index is 0.0225. The summed E-state index contributed by atoms with van der Waals surface area (Å²) in [4.78, 5) is 24.2. The van der Waals surface area contributed by atoms with Crippen LogP contribution in [0.3, 0.4) is 0 Å². The fourth-order valence-corrected chi connectivity index (χ4v) is 3.01. The van der Waals surface area contributed by atoms with Gasteiger partial charge in [-0.1, -0.05) is 43.7 Å². The molecule has 2 N–H and O–H groups in total. The molecule has 23 heavy (non-hydrogen) atoms. The number of rotatable bonds is 6. The number of allylic oxidation sites excluding steroid dienone is 2. The molecule has 0 unspecified atom stereocenters. The van der Waals surface area contributed by atoms with E-state index in [0.717, 1.165) is 0 Å². The summed E-state index contributed by atoms with van der Waals surface area (Å²) in [5.74, 6) is 0.300. The van der Waals surface area contributed by atoms with Crippen LogP contribution in [0.25, 0.3) is 0 Å². The van der Waals surface area contributed by atoms with Gasteiger partial charge in [-0.2, -0.15) is 0 Å². The van der Waals surface area contributed by atoms with Crippen molar-refractivity contribution in [1.82, 2.24) is 10.6 Å². The zero-order valence-corrected chi connectivity index (χ0v) is 14.3. The monoisotopic (exact) mass is 314 g/mol. The van der Waals surface area contributed by atoms with Crippen LogP contribution in [0.15, 0.2) is 42.0 Å². The SMILES string of the molecule is CC(C)=C[C@H]1[C@@H](C(=O)NCCNC(=O)c2ccccc2)C1(C)C. The Morgan fingerprint density at radius 1 is 1.09 bits per heavy atom. The molecule has 1 aliphatic carbocycles. The molecular formula is C19H26N2O2. The molecule has 0 aromatic heterocycles. The topological polar surface area (TPSA) is 58.2 Å². The summed E-state index contributed by atoms with van der Waals surface area (Å²) in [5, 5.41) is 5.74. The molecule has 1 fully saturated rings. The van der Waals surface area contributed by atoms with E-state index in [-0.39, 0.29) is 23.1 Å². The molecule has 2 amide bonds. The van der Waals surface area contributed by atoms with Gasteiger partial charge in [-0.05, 0) is 37.3 Å². The number of benzene rings is 1. The average molecular weight is 314 g/mol. The highest BCUT2D eigenvalue weighted by Crippen LogP contribution is 2.59. The van der Waals surface area contributed by atoms with Crippen molar-refractivity contribution >= 4 is 11.8 Å². The second kappa shape index (κ2) is 6.99. The third kappa shape index (κ3) is 4.21. The van der Waals surface area contributed by atoms with Crippen molar-refractivity contribution in [3.63, 3.8) is 0 Å². The summed E-state index contributed by atoms with van der Waals surface area (Å²) in [5.41, 5.74) is 1.90. The van der Waals surface area contributed by atoms with E-state index in [1.54, 1.807) is 12.1 Å². The molecule has 0 aliphatic heterocycles. The molecule has 4 nitrogen and oxygen atoms in total. The van der Waals surface area contributed by atoms with Crippen LogP contribution in [0, 0.1) is 17.3 Å². The molecule has 1 aromatic rings. The van der Waals surface area contributed by atoms with Crippen molar-refractivity contribution < 1.29 is 9.59 Å². The zero-order valence-electron chi connectivity index (χ0n) is 14.3. The lowest BCUT2D eigenvalue weighted by atomic mass is 10.1. The van der Waals surface area contributed by atoms with Crippen molar-refractivity contribution in [1.29, 1.82) is 0 Å². The minimum Gasteiger partial charge on any atom is -0.354 e. The van der Waals surface area contributed by atoms with Gasteiger partial charge in [0.05, 0.1) is 5.92 Å². The first kappa shape index (κ1) is 17.3. The molecule has 0 heterocycles. The van der Waals surface area contributed by atoms with E-state index in [1.165, 1.54) is 5.57 Å². The van der Waals surface area contributed by atoms with E-state index in [4.69, 9.17) is 0 Å². The Kier molecular flexibility index (Phi) is 5.24. The molecule has 0 bridgehead atoms. The number of amides is 2. The first-order chi connectivity index (χ1) is 10.8. The maximum Gasteiger partial charge on any atom is 0.251 e. The Morgan fingerprint density at radius 3 is 2.30 bits per heavy atom. The van der Waals surface area contributed by atoms with Gasteiger partial charge < -0.3 is 10.6 Å². The molecule has 1 aliphatic rings. The summed E-state index contributed by atoms with van der Waals surface area (Å²) in [6.45, 7) is 9.24. The number of hydrogen-bond donors (Lipinski definition) is 2. The van der Waals surface area contributed by atoms with Crippen molar-refractivity contribution in [3.8, 4) is 0 Å². The smallest absolute Gasteiger partial charge is 0.251 e. The highest BCUT2D eigenvalue weighted by atomic mass is 16.2. The van der Waals surface area contributed by atoms with Gasteiger partial charge in [-0.3, -0.25) is 9.59 Å². The van der Waals surface area contributed by atoms with Gasteiger partial charge >= 0.3 is 0 Å². The predicted octanol–water partition coefficient (Wildman–Crippen LogP) is 2.77. The van der Waals surface area contributed by atoms with E-state index in [0.29, 0.717) is 24.6 Å². The predicted molar refractivity (Wildman–Crippen MR) is 92.0 cm³/mol. The molecule has 1 aromatic carbocycles. The summed E-state index contributed by atoms with van der Waals surface area (Å²) in [7, 11) is 0. The number of nitrogens with one attached hydrogen (secondary N) is 2. The normalized spacial score (nSPS) is 21.2. The highest BCUT2D eigenvalue weighted by Gasteiger charge is 2.60. The molecule has 124 valence electrons. The molecular weight excluding hydrogens is 288 g/mol. The number of carbonyl (C=O) groups excluding carboxylic acids is 2. The van der Waals surface area contributed by atoms with Crippen LogP contribution in [0.2, 0.25) is 0 Å². The number of carbonyl (C=O) groups is 2. The molecule has 4 heteroatoms. The van der Waals surface area contributed by atoms with Gasteiger partial charge in [0.15, 0.2) is 0 Å². The van der Waals surface area contributed by atoms with Gasteiger partial charge in [-0.15, -0.1) is 0 Å². The lowest BCUT2D eigenvalue weighted by Crippen LogP contribution is -2.36. The quantitative estimate of drug-likeness (QED) is 0.626. The Morgan fingerprint density at radius 2 is 1.70 bits per heavy atom. The Labute approximate surface area is 138 Å². The number of hydrogen-bond acceptors (Lipinski definition) is 2. The Bertz CT molecular complexity index is 601. The summed E-state index contributed by atoms with van der Waals surface area (Å²) in [6.07, 6.45) is 2.18. The maximum atomic E-state index is 12.3. The van der Waals surface area contributed by atoms with Crippen LogP contribution in [0.4, 0.5) is 0 Å². The van der Waals surface area contributed by atoms with E-state index in [9.17, 15) is 9.59 Å². The van der Waals surface area contributed by atoms with Gasteiger partial charge in [0.1, 0.15) is 0 Å². The zero-order chi connectivity index (χ0) is 17.0. The van der Waals surface area contributed by atoms with Crippen LogP contribution in [-0.4, -0.2) is 24.9 Å². The molecule has 2 atom stereocenters. The molecule has 0 spiro atoms. The maximum absolute atomic E-state index is 12.3. The van der Waals surface area contributed by atoms with Crippen LogP contribution in [0.1, 0.15) is 38.1 Å². The van der Waals surface area contributed by atoms with Crippen molar-refractivity contribution in [2.24, 2.45) is 17.3 Å². The van der Waals surface area contributed by atoms with Gasteiger partial charge in [0.25, 0.3) is 5.91 Å². The second-order valence-corrected chi connectivity index (χ2v) is 6.98. The first-order valence-corrected chi connectivity index (χ1v) is 8.10. The molecule has 1 saturated carbocycles. The third-order valence-electron chi connectivity index (χ3n) is 4.45. The summed E-state index contributed by atoms with van der Waals surface area (Å²) >= 11 is 0. The lowest BCUT2D eigenvalue weighted by molar-refractivity contribution is -0.123. The van der Waals surface area contributed by atoms with Crippen molar-refractivity contribution in [2.75, 3.05) is 13.1 Å². The lowest BCUT2D eigenvalue weighted by Gasteiger charge is -2.08. The summed E-state index contributed by atoms with van der Waals surface area (Å²) < 4.78 is 0. The van der Waals surface area contributed by atoms with Crippen LogP contribution < -0.4 is 10.6 Å². The molecule has 0 radical (unpaired) electrons. The van der Waals surface area contributed by atoms with E-state index in [2.05, 4.69) is 44.4 Å². The van der Waals surface area contributed by atoms with Gasteiger partial charge in [-0.25, -0.2) is 0 Å². The molecule has 2 rings (SSSR count). The highest BCUT2D eigenvalue weighted by molar-refractivity contribution is 5.94. The summed E-state index contributed by atoms with van der Waals surface area (Å²) in [6, 6.07) is 9.07. The average Bonchev–Trinajstić information content (AvgIpc) is 3.04. The standard InChI is InChI=1S/C19H26N2O2/c1-13(2)12-15-16(19(15,3)4)18(23)21-11-10-20-17(22)14-8-6-5-7-9-14/h5-9,12,15-16H,10-11H2,1-4H3,(H,20,22)(H,21,23)/t15-,16-/m0/s1. The van der Waals surface area contributed by atoms with Crippen molar-refractivity contribution in [3.05, 3.63) is 47.5 Å². The fraction of sp³-hybridized carbons (Fsp3) is 0.474. The first-order valence-electron chi connectivity index (χ1n) is 8.10. The van der Waals surface area contributed by atoms with Gasteiger partial charge in [0, 0.05) is 18.7 Å². The Balaban J connectivity index is 1.74. The van der Waals surface area contributed by atoms with Crippen LogP contribution in [-0.2, 0) is 4.79 Å². The Hall–Kier alpha value is -2.10. The van der Waals surface area contributed by atoms with Crippen LogP contribution >= 0.6 is 0 Å². The van der Waals surface area contributed by atoms with E-state index >= 15 is 0 Å². The van der Waals surface area contributed by atoms with E-state index in [1.807, 2.05) is 18.2 Å². The largest absolute Gasteiger partial charge is 0.354 e. The third-order valence-corrected chi connectivity index (χ3v) is 4.45.